The van der Waals surface area contributed by atoms with Crippen molar-refractivity contribution in [2.75, 3.05) is 6.61 Å². The summed E-state index contributed by atoms with van der Waals surface area (Å²) < 4.78 is 11.2. The van der Waals surface area contributed by atoms with Crippen molar-refractivity contribution in [1.29, 1.82) is 0 Å². The molecule has 6 nitrogen and oxygen atoms in total. The predicted molar refractivity (Wildman–Crippen MR) is 76.6 cm³/mol. The zero-order chi connectivity index (χ0) is 15.7. The Morgan fingerprint density at radius 2 is 2.00 bits per heavy atom. The van der Waals surface area contributed by atoms with Gasteiger partial charge in [0.2, 0.25) is 5.75 Å². The van der Waals surface area contributed by atoms with Gasteiger partial charge in [-0.1, -0.05) is 6.42 Å². The Kier molecular flexibility index (Phi) is 3.68. The van der Waals surface area contributed by atoms with E-state index in [1.165, 1.54) is 12.1 Å². The zero-order valence-corrected chi connectivity index (χ0v) is 12.1. The number of carboxylic acids is 1. The number of ether oxygens (including phenoxy) is 2. The van der Waals surface area contributed by atoms with Crippen LogP contribution in [0.4, 0.5) is 0 Å². The number of hydrogen-bond acceptors (Lipinski definition) is 5. The lowest BCUT2D eigenvalue weighted by molar-refractivity contribution is -0.139. The molecule has 1 spiro atoms. The molecular weight excluding hydrogens is 288 g/mol. The monoisotopic (exact) mass is 306 g/mol. The highest BCUT2D eigenvalue weighted by Crippen LogP contribution is 2.48. The molecule has 1 aromatic rings. The van der Waals surface area contributed by atoms with Gasteiger partial charge in [-0.05, 0) is 37.8 Å². The number of hydrogen-bond donors (Lipinski definition) is 2. The molecule has 0 radical (unpaired) electrons. The van der Waals surface area contributed by atoms with Gasteiger partial charge >= 0.3 is 5.97 Å². The van der Waals surface area contributed by atoms with E-state index >= 15 is 0 Å². The maximum absolute atomic E-state index is 12.4. The third-order valence-electron chi connectivity index (χ3n) is 4.30. The van der Waals surface area contributed by atoms with Gasteiger partial charge in [0.25, 0.3) is 0 Å². The quantitative estimate of drug-likeness (QED) is 0.891. The Balaban J connectivity index is 1.99. The molecule has 1 aromatic carbocycles. The number of carbonyl (C=O) groups is 2. The summed E-state index contributed by atoms with van der Waals surface area (Å²) in [5, 5.41) is 18.7. The largest absolute Gasteiger partial charge is 0.504 e. The van der Waals surface area contributed by atoms with Crippen LogP contribution in [-0.2, 0) is 4.79 Å². The van der Waals surface area contributed by atoms with Crippen LogP contribution < -0.4 is 9.47 Å². The number of phenolic OH excluding ortho intramolecular Hbond substituents is 1. The minimum atomic E-state index is -1.16. The second-order valence-corrected chi connectivity index (χ2v) is 5.92. The van der Waals surface area contributed by atoms with Gasteiger partial charge in [-0.15, -0.1) is 0 Å². The molecule has 0 saturated heterocycles. The Hall–Kier alpha value is -2.24. The molecule has 0 bridgehead atoms. The molecule has 1 heterocycles. The van der Waals surface area contributed by atoms with E-state index in [2.05, 4.69) is 0 Å². The van der Waals surface area contributed by atoms with Crippen molar-refractivity contribution in [3.8, 4) is 17.2 Å². The van der Waals surface area contributed by atoms with E-state index < -0.39 is 18.2 Å². The minimum absolute atomic E-state index is 0.0525. The highest BCUT2D eigenvalue weighted by molar-refractivity contribution is 6.01. The number of benzene rings is 1. The summed E-state index contributed by atoms with van der Waals surface area (Å²) in [7, 11) is 0. The number of phenols is 1. The van der Waals surface area contributed by atoms with Crippen LogP contribution in [0.2, 0.25) is 0 Å². The molecule has 6 heteroatoms. The fraction of sp³-hybridized carbons (Fsp3) is 0.500. The molecule has 22 heavy (non-hydrogen) atoms. The van der Waals surface area contributed by atoms with Gasteiger partial charge in [0, 0.05) is 0 Å². The molecule has 2 N–H and O–H groups in total. The molecule has 0 aromatic heterocycles. The van der Waals surface area contributed by atoms with Gasteiger partial charge in [-0.3, -0.25) is 4.79 Å². The first-order chi connectivity index (χ1) is 10.5. The first-order valence-electron chi connectivity index (χ1n) is 7.43. The van der Waals surface area contributed by atoms with Gasteiger partial charge < -0.3 is 19.7 Å². The number of aromatic hydroxyl groups is 1. The van der Waals surface area contributed by atoms with Crippen LogP contribution in [0.25, 0.3) is 0 Å². The van der Waals surface area contributed by atoms with Crippen LogP contribution in [0.15, 0.2) is 12.1 Å². The summed E-state index contributed by atoms with van der Waals surface area (Å²) in [5.41, 5.74) is -0.202. The average Bonchev–Trinajstić information content (AvgIpc) is 2.46. The lowest BCUT2D eigenvalue weighted by Crippen LogP contribution is -2.43. The number of ketones is 1. The zero-order valence-electron chi connectivity index (χ0n) is 12.1. The SMILES string of the molecule is O=C(O)COc1c(O)ccc2c1OC1(CCCCC1)CC2=O. The Bertz CT molecular complexity index is 615. The van der Waals surface area contributed by atoms with Crippen molar-refractivity contribution < 1.29 is 29.3 Å². The smallest absolute Gasteiger partial charge is 0.341 e. The molecule has 1 aliphatic carbocycles. The molecule has 118 valence electrons. The second-order valence-electron chi connectivity index (χ2n) is 5.92. The van der Waals surface area contributed by atoms with Gasteiger partial charge in [0.05, 0.1) is 12.0 Å². The predicted octanol–water partition coefficient (Wildman–Crippen LogP) is 2.52. The molecule has 2 aliphatic rings. The van der Waals surface area contributed by atoms with Crippen LogP contribution in [0.5, 0.6) is 17.2 Å². The molecule has 0 amide bonds. The number of carbonyl (C=O) groups excluding carboxylic acids is 1. The lowest BCUT2D eigenvalue weighted by Gasteiger charge is -2.41. The molecule has 3 rings (SSSR count). The van der Waals surface area contributed by atoms with Gasteiger partial charge in [0.1, 0.15) is 5.60 Å². The number of rotatable bonds is 3. The normalized spacial score (nSPS) is 19.4. The van der Waals surface area contributed by atoms with Gasteiger partial charge in [-0.2, -0.15) is 0 Å². The van der Waals surface area contributed by atoms with Crippen LogP contribution in [0.3, 0.4) is 0 Å². The second kappa shape index (κ2) is 5.51. The third kappa shape index (κ3) is 2.61. The molecule has 1 fully saturated rings. The standard InChI is InChI=1S/C16H18O6/c17-11-5-4-10-12(18)8-16(6-2-1-3-7-16)22-14(10)15(11)21-9-13(19)20/h4-5,17H,1-3,6-9H2,(H,19,20). The third-order valence-corrected chi connectivity index (χ3v) is 4.30. The maximum atomic E-state index is 12.4. The lowest BCUT2D eigenvalue weighted by atomic mass is 9.78. The first-order valence-corrected chi connectivity index (χ1v) is 7.43. The summed E-state index contributed by atoms with van der Waals surface area (Å²) in [6.07, 6.45) is 5.00. The van der Waals surface area contributed by atoms with Gasteiger partial charge in [-0.25, -0.2) is 4.79 Å². The maximum Gasteiger partial charge on any atom is 0.341 e. The fourth-order valence-corrected chi connectivity index (χ4v) is 3.26. The molecule has 1 saturated carbocycles. The Labute approximate surface area is 127 Å². The highest BCUT2D eigenvalue weighted by atomic mass is 16.5. The van der Waals surface area contributed by atoms with Crippen molar-refractivity contribution in [1.82, 2.24) is 0 Å². The van der Waals surface area contributed by atoms with E-state index in [-0.39, 0.29) is 23.0 Å². The van der Waals surface area contributed by atoms with Crippen LogP contribution in [0.1, 0.15) is 48.9 Å². The number of carboxylic acid groups (broad SMARTS) is 1. The van der Waals surface area contributed by atoms with Gasteiger partial charge in [0.15, 0.2) is 23.9 Å². The van der Waals surface area contributed by atoms with Crippen LogP contribution >= 0.6 is 0 Å². The molecule has 1 aliphatic heterocycles. The first kappa shape index (κ1) is 14.7. The van der Waals surface area contributed by atoms with Crippen molar-refractivity contribution in [2.45, 2.75) is 44.1 Å². The van der Waals surface area contributed by atoms with Crippen LogP contribution in [0, 0.1) is 0 Å². The molecular formula is C16H18O6. The van der Waals surface area contributed by atoms with E-state index in [0.717, 1.165) is 32.1 Å². The highest BCUT2D eigenvalue weighted by Gasteiger charge is 2.43. The van der Waals surface area contributed by atoms with Crippen molar-refractivity contribution in [2.24, 2.45) is 0 Å². The van der Waals surface area contributed by atoms with Crippen molar-refractivity contribution >= 4 is 11.8 Å². The van der Waals surface area contributed by atoms with Crippen molar-refractivity contribution in [3.05, 3.63) is 17.7 Å². The Morgan fingerprint density at radius 1 is 1.27 bits per heavy atom. The summed E-state index contributed by atoms with van der Waals surface area (Å²) in [6, 6.07) is 2.83. The van der Waals surface area contributed by atoms with E-state index in [1.54, 1.807) is 0 Å². The van der Waals surface area contributed by atoms with Crippen molar-refractivity contribution in [3.63, 3.8) is 0 Å². The molecule has 0 unspecified atom stereocenters. The number of fused-ring (bicyclic) bond motifs is 1. The topological polar surface area (TPSA) is 93.1 Å². The average molecular weight is 306 g/mol. The van der Waals surface area contributed by atoms with E-state index in [0.29, 0.717) is 12.0 Å². The number of Topliss-reactive ketones (excluding diaryl/α,β-unsaturated/α-hetero) is 1. The Morgan fingerprint density at radius 3 is 2.68 bits per heavy atom. The fourth-order valence-electron chi connectivity index (χ4n) is 3.26. The van der Waals surface area contributed by atoms with E-state index in [9.17, 15) is 14.7 Å². The summed E-state index contributed by atoms with van der Waals surface area (Å²) in [6.45, 7) is -0.603. The van der Waals surface area contributed by atoms with E-state index in [4.69, 9.17) is 14.6 Å². The number of aliphatic carboxylic acids is 1. The molecule has 0 atom stereocenters. The van der Waals surface area contributed by atoms with E-state index in [1.807, 2.05) is 0 Å². The summed E-state index contributed by atoms with van der Waals surface area (Å²) in [4.78, 5) is 23.1. The van der Waals surface area contributed by atoms with Crippen LogP contribution in [-0.4, -0.2) is 34.2 Å². The minimum Gasteiger partial charge on any atom is -0.504 e. The summed E-state index contributed by atoms with van der Waals surface area (Å²) in [5.74, 6) is -1.31. The summed E-state index contributed by atoms with van der Waals surface area (Å²) >= 11 is 0.